The Bertz CT molecular complexity index is 780. The number of nitrogens with one attached hydrogen (secondary N) is 1. The van der Waals surface area contributed by atoms with E-state index in [2.05, 4.69) is 10.3 Å². The number of piperidine rings is 1. The highest BCUT2D eigenvalue weighted by molar-refractivity contribution is 6.31. The number of carbonyl (C=O) groups is 1. The lowest BCUT2D eigenvalue weighted by Crippen LogP contribution is -2.47. The molecule has 0 radical (unpaired) electrons. The van der Waals surface area contributed by atoms with Crippen molar-refractivity contribution in [3.05, 3.63) is 58.9 Å². The van der Waals surface area contributed by atoms with Crippen molar-refractivity contribution in [2.24, 2.45) is 0 Å². The van der Waals surface area contributed by atoms with Gasteiger partial charge in [0.1, 0.15) is 18.5 Å². The first-order valence-corrected chi connectivity index (χ1v) is 9.90. The molecule has 1 atom stereocenters. The number of nitrogens with zero attached hydrogens (tertiary/aromatic N) is 2. The second-order valence-electron chi connectivity index (χ2n) is 7.09. The lowest BCUT2D eigenvalue weighted by Gasteiger charge is -2.33. The normalized spacial score (nSPS) is 16.0. The van der Waals surface area contributed by atoms with E-state index in [4.69, 9.17) is 16.3 Å². The Labute approximate surface area is 170 Å². The minimum absolute atomic E-state index is 0.0262. The number of hydrogen-bond acceptors (Lipinski definition) is 5. The second-order valence-corrected chi connectivity index (χ2v) is 7.50. The van der Waals surface area contributed by atoms with E-state index in [1.165, 1.54) is 0 Å². The molecule has 1 aromatic heterocycles. The molecular weight excluding hydrogens is 378 g/mol. The molecule has 6 nitrogen and oxygen atoms in total. The summed E-state index contributed by atoms with van der Waals surface area (Å²) in [6.45, 7) is 3.98. The third-order valence-electron chi connectivity index (χ3n) is 4.90. The first kappa shape index (κ1) is 20.6. The van der Waals surface area contributed by atoms with Crippen molar-refractivity contribution in [3.8, 4) is 5.75 Å². The van der Waals surface area contributed by atoms with Crippen LogP contribution in [0.4, 0.5) is 0 Å². The molecule has 1 aliphatic rings. The molecule has 1 aliphatic heterocycles. The van der Waals surface area contributed by atoms with Crippen LogP contribution in [0.15, 0.2) is 42.7 Å². The van der Waals surface area contributed by atoms with Crippen molar-refractivity contribution in [1.82, 2.24) is 15.2 Å². The lowest BCUT2D eigenvalue weighted by atomic mass is 10.0. The summed E-state index contributed by atoms with van der Waals surface area (Å²) in [5.41, 5.74) is 1.57. The van der Waals surface area contributed by atoms with Crippen LogP contribution in [0.25, 0.3) is 0 Å². The summed E-state index contributed by atoms with van der Waals surface area (Å²) in [6.07, 6.45) is 4.37. The highest BCUT2D eigenvalue weighted by Crippen LogP contribution is 2.21. The summed E-state index contributed by atoms with van der Waals surface area (Å²) in [5.74, 6) is 0.724. The number of aliphatic hydroxyl groups excluding tert-OH is 1. The standard InChI is InChI=1S/C21H26ClN3O3/c1-15-11-19(4-5-20(15)22)28-14-18(26)13-24-17-6-9-25(10-7-17)21(27)16-3-2-8-23-12-16/h2-5,8,11-12,17-18,24,26H,6-7,9-10,13-14H2,1H3. The maximum Gasteiger partial charge on any atom is 0.255 e. The molecule has 28 heavy (non-hydrogen) atoms. The van der Waals surface area contributed by atoms with Crippen LogP contribution in [0, 0.1) is 6.92 Å². The Balaban J connectivity index is 1.36. The summed E-state index contributed by atoms with van der Waals surface area (Å²) < 4.78 is 5.63. The highest BCUT2D eigenvalue weighted by atomic mass is 35.5. The van der Waals surface area contributed by atoms with Crippen LogP contribution in [-0.2, 0) is 0 Å². The number of aromatic nitrogens is 1. The van der Waals surface area contributed by atoms with Crippen LogP contribution in [0.5, 0.6) is 5.75 Å². The number of amides is 1. The smallest absolute Gasteiger partial charge is 0.255 e. The number of pyridine rings is 1. The molecule has 2 N–H and O–H groups in total. The molecule has 7 heteroatoms. The molecule has 150 valence electrons. The maximum absolute atomic E-state index is 12.4. The van der Waals surface area contributed by atoms with Crippen LogP contribution in [0.2, 0.25) is 5.02 Å². The minimum atomic E-state index is -0.606. The van der Waals surface area contributed by atoms with Crippen LogP contribution >= 0.6 is 11.6 Å². The van der Waals surface area contributed by atoms with Crippen molar-refractivity contribution >= 4 is 17.5 Å². The van der Waals surface area contributed by atoms with Crippen molar-refractivity contribution in [1.29, 1.82) is 0 Å². The van der Waals surface area contributed by atoms with E-state index in [0.717, 1.165) is 18.4 Å². The molecule has 2 heterocycles. The van der Waals surface area contributed by atoms with Gasteiger partial charge in [0.05, 0.1) is 5.56 Å². The summed E-state index contributed by atoms with van der Waals surface area (Å²) in [6, 6.07) is 9.29. The number of likely N-dealkylation sites (tertiary alicyclic amines) is 1. The Morgan fingerprint density at radius 1 is 1.39 bits per heavy atom. The highest BCUT2D eigenvalue weighted by Gasteiger charge is 2.23. The summed E-state index contributed by atoms with van der Waals surface area (Å²) in [4.78, 5) is 18.3. The number of carbonyl (C=O) groups excluding carboxylic acids is 1. The first-order chi connectivity index (χ1) is 13.5. The summed E-state index contributed by atoms with van der Waals surface area (Å²) >= 11 is 6.00. The van der Waals surface area contributed by atoms with Crippen LogP contribution < -0.4 is 10.1 Å². The molecular formula is C21H26ClN3O3. The van der Waals surface area contributed by atoms with Gasteiger partial charge < -0.3 is 20.1 Å². The quantitative estimate of drug-likeness (QED) is 0.743. The van der Waals surface area contributed by atoms with Gasteiger partial charge in [0.15, 0.2) is 0 Å². The third kappa shape index (κ3) is 5.67. The molecule has 3 rings (SSSR count). The largest absolute Gasteiger partial charge is 0.491 e. The first-order valence-electron chi connectivity index (χ1n) is 9.52. The van der Waals surface area contributed by atoms with Gasteiger partial charge in [-0.05, 0) is 55.7 Å². The number of halogens is 1. The number of aryl methyl sites for hydroxylation is 1. The lowest BCUT2D eigenvalue weighted by molar-refractivity contribution is 0.0686. The fraction of sp³-hybridized carbons (Fsp3) is 0.429. The van der Waals surface area contributed by atoms with Crippen molar-refractivity contribution < 1.29 is 14.6 Å². The molecule has 1 amide bonds. The maximum atomic E-state index is 12.4. The summed E-state index contributed by atoms with van der Waals surface area (Å²) in [7, 11) is 0. The minimum Gasteiger partial charge on any atom is -0.491 e. The number of hydrogen-bond donors (Lipinski definition) is 2. The monoisotopic (exact) mass is 403 g/mol. The Kier molecular flexibility index (Phi) is 7.25. The van der Waals surface area contributed by atoms with Gasteiger partial charge in [-0.2, -0.15) is 0 Å². The van der Waals surface area contributed by atoms with Crippen LogP contribution in [0.1, 0.15) is 28.8 Å². The van der Waals surface area contributed by atoms with E-state index in [0.29, 0.717) is 36.0 Å². The zero-order chi connectivity index (χ0) is 19.9. The number of benzene rings is 1. The molecule has 2 aromatic rings. The third-order valence-corrected chi connectivity index (χ3v) is 5.33. The average molecular weight is 404 g/mol. The van der Waals surface area contributed by atoms with E-state index in [9.17, 15) is 9.90 Å². The van der Waals surface area contributed by atoms with E-state index >= 15 is 0 Å². The zero-order valence-corrected chi connectivity index (χ0v) is 16.7. The molecule has 0 bridgehead atoms. The van der Waals surface area contributed by atoms with Gasteiger partial charge in [-0.1, -0.05) is 11.6 Å². The number of aliphatic hydroxyl groups is 1. The van der Waals surface area contributed by atoms with Crippen molar-refractivity contribution in [2.75, 3.05) is 26.2 Å². The average Bonchev–Trinajstić information content (AvgIpc) is 2.73. The Hall–Kier alpha value is -2.15. The van der Waals surface area contributed by atoms with E-state index in [-0.39, 0.29) is 18.6 Å². The van der Waals surface area contributed by atoms with Gasteiger partial charge in [0.25, 0.3) is 5.91 Å². The van der Waals surface area contributed by atoms with Gasteiger partial charge in [0.2, 0.25) is 0 Å². The van der Waals surface area contributed by atoms with Crippen LogP contribution in [-0.4, -0.2) is 59.3 Å². The van der Waals surface area contributed by atoms with E-state index in [1.54, 1.807) is 36.7 Å². The van der Waals surface area contributed by atoms with Crippen molar-refractivity contribution in [3.63, 3.8) is 0 Å². The number of rotatable bonds is 7. The fourth-order valence-electron chi connectivity index (χ4n) is 3.22. The molecule has 1 unspecified atom stereocenters. The summed E-state index contributed by atoms with van der Waals surface area (Å²) in [5, 5.41) is 14.2. The Morgan fingerprint density at radius 3 is 2.86 bits per heavy atom. The molecule has 1 fully saturated rings. The molecule has 1 saturated heterocycles. The second kappa shape index (κ2) is 9.87. The number of ether oxygens (including phenoxy) is 1. The molecule has 0 saturated carbocycles. The topological polar surface area (TPSA) is 74.7 Å². The van der Waals surface area contributed by atoms with Gasteiger partial charge in [-0.3, -0.25) is 9.78 Å². The predicted molar refractivity (Wildman–Crippen MR) is 109 cm³/mol. The van der Waals surface area contributed by atoms with E-state index < -0.39 is 6.10 Å². The SMILES string of the molecule is Cc1cc(OCC(O)CNC2CCN(C(=O)c3cccnc3)CC2)ccc1Cl. The molecule has 0 spiro atoms. The molecule has 1 aromatic carbocycles. The van der Waals surface area contributed by atoms with Gasteiger partial charge >= 0.3 is 0 Å². The van der Waals surface area contributed by atoms with Gasteiger partial charge in [-0.15, -0.1) is 0 Å². The van der Waals surface area contributed by atoms with Crippen LogP contribution in [0.3, 0.4) is 0 Å². The predicted octanol–water partition coefficient (Wildman–Crippen LogP) is 2.68. The van der Waals surface area contributed by atoms with E-state index in [1.807, 2.05) is 17.9 Å². The van der Waals surface area contributed by atoms with Gasteiger partial charge in [0, 0.05) is 43.1 Å². The van der Waals surface area contributed by atoms with Gasteiger partial charge in [-0.25, -0.2) is 0 Å². The zero-order valence-electron chi connectivity index (χ0n) is 16.0. The Morgan fingerprint density at radius 2 is 2.18 bits per heavy atom. The van der Waals surface area contributed by atoms with Crippen molar-refractivity contribution in [2.45, 2.75) is 31.9 Å². The fourth-order valence-corrected chi connectivity index (χ4v) is 3.34. The molecule has 0 aliphatic carbocycles.